The van der Waals surface area contributed by atoms with E-state index in [-0.39, 0.29) is 77.0 Å². The summed E-state index contributed by atoms with van der Waals surface area (Å²) in [6.07, 6.45) is 0. The first-order chi connectivity index (χ1) is 28.5. The van der Waals surface area contributed by atoms with Crippen LogP contribution in [-0.4, -0.2) is 37.7 Å². The normalized spacial score (nSPS) is 9.61. The first-order valence-corrected chi connectivity index (χ1v) is 19.1. The molecule has 8 nitrogen and oxygen atoms in total. The van der Waals surface area contributed by atoms with Gasteiger partial charge in [-0.1, -0.05) is 79.7 Å². The molecular formula is C52H52O8Y2-4. The Morgan fingerprint density at radius 3 is 0.952 bits per heavy atom. The molecule has 10 heteroatoms. The summed E-state index contributed by atoms with van der Waals surface area (Å²) in [7, 11) is 3.38. The molecule has 0 aliphatic rings. The molecule has 0 unspecified atom stereocenters. The minimum atomic E-state index is -0.467. The van der Waals surface area contributed by atoms with Crippen molar-refractivity contribution in [2.45, 2.75) is 69.2 Å². The van der Waals surface area contributed by atoms with Gasteiger partial charge in [-0.05, 0) is 38.1 Å². The third kappa shape index (κ3) is 16.6. The summed E-state index contributed by atoms with van der Waals surface area (Å²) in [5, 5.41) is 0. The summed E-state index contributed by atoms with van der Waals surface area (Å²) in [6, 6.07) is 39.7. The summed E-state index contributed by atoms with van der Waals surface area (Å²) in [5.74, 6) is 2.03. The largest absolute Gasteiger partial charge is 0.522 e. The number of rotatable bonds is 8. The molecule has 0 fully saturated rings. The second-order valence-electron chi connectivity index (χ2n) is 14.1. The zero-order valence-corrected chi connectivity index (χ0v) is 43.3. The van der Waals surface area contributed by atoms with Crippen molar-refractivity contribution in [1.29, 1.82) is 0 Å². The molecule has 0 heterocycles. The summed E-state index contributed by atoms with van der Waals surface area (Å²) >= 11 is 0. The number of ether oxygens (including phenoxy) is 4. The van der Waals surface area contributed by atoms with Crippen molar-refractivity contribution in [3.63, 3.8) is 0 Å². The molecule has 0 saturated heterocycles. The van der Waals surface area contributed by atoms with Gasteiger partial charge in [-0.25, -0.2) is 9.59 Å². The minimum Gasteiger partial charge on any atom is -0.522 e. The van der Waals surface area contributed by atoms with Crippen molar-refractivity contribution in [3.8, 4) is 23.0 Å². The van der Waals surface area contributed by atoms with Crippen LogP contribution in [0.4, 0.5) is 0 Å². The maximum absolute atomic E-state index is 12.1. The molecule has 0 aliphatic heterocycles. The Hall–Kier alpha value is -4.59. The van der Waals surface area contributed by atoms with Gasteiger partial charge in [0.05, 0.1) is 25.3 Å². The maximum Gasteiger partial charge on any atom is 0.341 e. The molecule has 0 saturated carbocycles. The molecule has 2 radical (unpaired) electrons. The second kappa shape index (κ2) is 27.5. The zero-order chi connectivity index (χ0) is 44.5. The van der Waals surface area contributed by atoms with Gasteiger partial charge in [-0.2, -0.15) is 72.8 Å². The SMILES string of the molecule is CC(=O)c1ccc(C(=O)Oc2c(C)c[c-]cc2C)cc1.CC(=O)c1cccc(C(=O)Oc2c(C)c[c-]cc2C)c1.COc1c(C)c[c-]cc1C.COc1c(C)c[c-]cc1C.[Y].[Y]. The Balaban J connectivity index is 0.000000429. The molecule has 318 valence electrons. The Bertz CT molecular complexity index is 2310. The van der Waals surface area contributed by atoms with Crippen LogP contribution < -0.4 is 18.9 Å². The van der Waals surface area contributed by atoms with E-state index in [1.54, 1.807) is 87.0 Å². The molecule has 0 N–H and O–H groups in total. The molecule has 6 aromatic carbocycles. The van der Waals surface area contributed by atoms with E-state index in [1.165, 1.54) is 13.8 Å². The Labute approximate surface area is 417 Å². The van der Waals surface area contributed by atoms with Crippen LogP contribution in [-0.2, 0) is 65.4 Å². The van der Waals surface area contributed by atoms with E-state index in [0.717, 1.165) is 56.0 Å². The van der Waals surface area contributed by atoms with E-state index in [4.69, 9.17) is 18.9 Å². The van der Waals surface area contributed by atoms with Crippen LogP contribution >= 0.6 is 0 Å². The standard InChI is InChI=1S/2C17H15O3.2C9H11O.2Y/c1-11-6-4-7-12(2)16(11)20-17(19)15-9-5-8-14(10-15)13(3)18;1-11-5-4-6-12(2)16(11)20-17(19)15-9-7-14(8-10-15)13(3)18;2*1-7-5-4-6-8(2)9(7)10-3;;/h2*5-10H,1-3H3;2*5-6H,1-3H3;;/q4*-1;;. The van der Waals surface area contributed by atoms with Crippen LogP contribution in [0.3, 0.4) is 0 Å². The van der Waals surface area contributed by atoms with Gasteiger partial charge < -0.3 is 18.9 Å². The van der Waals surface area contributed by atoms with E-state index in [9.17, 15) is 19.2 Å². The molecule has 6 rings (SSSR count). The molecule has 0 atom stereocenters. The van der Waals surface area contributed by atoms with Gasteiger partial charge >= 0.3 is 11.9 Å². The molecular weight excluding hydrogens is 930 g/mol. The van der Waals surface area contributed by atoms with E-state index in [2.05, 4.69) is 24.3 Å². The van der Waals surface area contributed by atoms with Crippen LogP contribution in [0.5, 0.6) is 23.0 Å². The first kappa shape index (κ1) is 55.4. The van der Waals surface area contributed by atoms with Gasteiger partial charge in [0.25, 0.3) is 0 Å². The predicted octanol–water partition coefficient (Wildman–Crippen LogP) is 11.3. The van der Waals surface area contributed by atoms with Gasteiger partial charge in [0.2, 0.25) is 0 Å². The van der Waals surface area contributed by atoms with E-state index in [0.29, 0.717) is 33.8 Å². The number of benzene rings is 6. The quantitative estimate of drug-likeness (QED) is 0.0643. The van der Waals surface area contributed by atoms with Crippen molar-refractivity contribution in [2.75, 3.05) is 14.2 Å². The smallest absolute Gasteiger partial charge is 0.341 e. The minimum absolute atomic E-state index is 0. The predicted molar refractivity (Wildman–Crippen MR) is 235 cm³/mol. The van der Waals surface area contributed by atoms with Crippen molar-refractivity contribution < 1.29 is 104 Å². The van der Waals surface area contributed by atoms with Gasteiger partial charge in [0, 0.05) is 99.5 Å². The average molecular weight is 983 g/mol. The fraction of sp³-hybridized carbons (Fsp3) is 0.231. The summed E-state index contributed by atoms with van der Waals surface area (Å²) in [6.45, 7) is 18.5. The number of esters is 2. The van der Waals surface area contributed by atoms with Gasteiger partial charge in [-0.15, -0.1) is 44.5 Å². The average Bonchev–Trinajstić information content (AvgIpc) is 3.21. The van der Waals surface area contributed by atoms with Crippen molar-refractivity contribution in [1.82, 2.24) is 0 Å². The molecule has 0 aromatic heterocycles. The second-order valence-corrected chi connectivity index (χ2v) is 14.1. The summed E-state index contributed by atoms with van der Waals surface area (Å²) in [4.78, 5) is 46.7. The third-order valence-corrected chi connectivity index (χ3v) is 9.09. The van der Waals surface area contributed by atoms with Crippen molar-refractivity contribution in [2.24, 2.45) is 0 Å². The Morgan fingerprint density at radius 1 is 0.387 bits per heavy atom. The molecule has 0 aliphatic carbocycles. The zero-order valence-electron chi connectivity index (χ0n) is 37.7. The number of hydrogen-bond donors (Lipinski definition) is 0. The van der Waals surface area contributed by atoms with Gasteiger partial charge in [-0.3, -0.25) is 9.59 Å². The number of Topliss-reactive ketones (excluding diaryl/α,β-unsaturated/α-hetero) is 2. The summed E-state index contributed by atoms with van der Waals surface area (Å²) < 4.78 is 21.2. The number of carbonyl (C=O) groups is 4. The monoisotopic (exact) mass is 982 g/mol. The molecule has 6 aromatic rings. The third-order valence-electron chi connectivity index (χ3n) is 9.09. The topological polar surface area (TPSA) is 105 Å². The Morgan fingerprint density at radius 2 is 0.661 bits per heavy atom. The molecule has 0 spiro atoms. The first-order valence-electron chi connectivity index (χ1n) is 19.1. The van der Waals surface area contributed by atoms with Crippen LogP contribution in [0.15, 0.2) is 97.1 Å². The van der Waals surface area contributed by atoms with Crippen LogP contribution in [0.25, 0.3) is 0 Å². The van der Waals surface area contributed by atoms with Crippen LogP contribution in [0.1, 0.15) is 99.8 Å². The maximum atomic E-state index is 12.1. The number of ketones is 2. The molecule has 0 bridgehead atoms. The number of carbonyl (C=O) groups excluding carboxylic acids is 4. The Kier molecular flexibility index (Phi) is 24.6. The van der Waals surface area contributed by atoms with Crippen molar-refractivity contribution in [3.05, 3.63) is 188 Å². The summed E-state index contributed by atoms with van der Waals surface area (Å²) in [5.41, 5.74) is 9.83. The number of hydrogen-bond acceptors (Lipinski definition) is 8. The molecule has 62 heavy (non-hydrogen) atoms. The van der Waals surface area contributed by atoms with Gasteiger partial charge in [0.15, 0.2) is 11.6 Å². The van der Waals surface area contributed by atoms with Crippen molar-refractivity contribution >= 4 is 23.5 Å². The van der Waals surface area contributed by atoms with E-state index >= 15 is 0 Å². The molecule has 0 amide bonds. The van der Waals surface area contributed by atoms with Gasteiger partial charge in [0.1, 0.15) is 0 Å². The van der Waals surface area contributed by atoms with E-state index in [1.807, 2.05) is 79.7 Å². The van der Waals surface area contributed by atoms with Crippen LogP contribution in [0, 0.1) is 79.7 Å². The fourth-order valence-corrected chi connectivity index (χ4v) is 5.91. The number of methoxy groups -OCH3 is 2. The van der Waals surface area contributed by atoms with Crippen LogP contribution in [0.2, 0.25) is 0 Å². The van der Waals surface area contributed by atoms with E-state index < -0.39 is 11.9 Å². The fourth-order valence-electron chi connectivity index (χ4n) is 5.91. The number of aryl methyl sites for hydroxylation is 8.